The van der Waals surface area contributed by atoms with Crippen LogP contribution in [0.2, 0.25) is 5.02 Å². The van der Waals surface area contributed by atoms with E-state index in [9.17, 15) is 14.4 Å². The Morgan fingerprint density at radius 1 is 1.42 bits per heavy atom. The number of amides is 2. The van der Waals surface area contributed by atoms with Gasteiger partial charge in [-0.25, -0.2) is 9.69 Å². The van der Waals surface area contributed by atoms with Crippen molar-refractivity contribution < 1.29 is 24.2 Å². The molecule has 0 aromatic heterocycles. The lowest BCUT2D eigenvalue weighted by atomic mass is 9.89. The standard InChI is InChI=1S/C12H10ClNO5/c1-19-11(12(17)18)14-9(15)8(10(14)16)6-3-2-4-7(13)5-6/h2-5,8,11H,1H3,(H,17,18). The molecule has 1 fully saturated rings. The highest BCUT2D eigenvalue weighted by molar-refractivity contribution is 6.31. The molecule has 1 heterocycles. The molecule has 1 aromatic carbocycles. The van der Waals surface area contributed by atoms with E-state index in [0.29, 0.717) is 15.5 Å². The van der Waals surface area contributed by atoms with Gasteiger partial charge >= 0.3 is 5.97 Å². The van der Waals surface area contributed by atoms with Gasteiger partial charge in [-0.05, 0) is 17.7 Å². The molecule has 1 N–H and O–H groups in total. The predicted octanol–water partition coefficient (Wildman–Crippen LogP) is 0.849. The second-order valence-electron chi connectivity index (χ2n) is 3.96. The Morgan fingerprint density at radius 2 is 2.05 bits per heavy atom. The van der Waals surface area contributed by atoms with Crippen molar-refractivity contribution >= 4 is 29.4 Å². The Bertz CT molecular complexity index is 543. The van der Waals surface area contributed by atoms with Crippen molar-refractivity contribution in [1.82, 2.24) is 4.90 Å². The normalized spacial score (nSPS) is 17.3. The number of hydrogen-bond donors (Lipinski definition) is 1. The van der Waals surface area contributed by atoms with E-state index in [-0.39, 0.29) is 0 Å². The van der Waals surface area contributed by atoms with Gasteiger partial charge in [0.2, 0.25) is 18.0 Å². The van der Waals surface area contributed by atoms with Gasteiger partial charge in [0.15, 0.2) is 0 Å². The molecule has 0 bridgehead atoms. The number of aliphatic carboxylic acids is 1. The number of β-lactam (4-membered cyclic amide) rings is 2. The summed E-state index contributed by atoms with van der Waals surface area (Å²) in [6, 6.07) is 6.33. The number of carboxylic acids is 1. The van der Waals surface area contributed by atoms with E-state index in [2.05, 4.69) is 4.74 Å². The lowest BCUT2D eigenvalue weighted by Gasteiger charge is -2.38. The van der Waals surface area contributed by atoms with E-state index >= 15 is 0 Å². The number of carboxylic acid groups (broad SMARTS) is 1. The summed E-state index contributed by atoms with van der Waals surface area (Å²) in [6.45, 7) is 0. The maximum absolute atomic E-state index is 11.9. The number of ether oxygens (including phenoxy) is 1. The molecular weight excluding hydrogens is 274 g/mol. The summed E-state index contributed by atoms with van der Waals surface area (Å²) in [5, 5.41) is 9.25. The molecule has 0 radical (unpaired) electrons. The molecule has 19 heavy (non-hydrogen) atoms. The molecule has 1 saturated heterocycles. The van der Waals surface area contributed by atoms with Crippen LogP contribution in [0.1, 0.15) is 11.5 Å². The van der Waals surface area contributed by atoms with Crippen molar-refractivity contribution in [3.8, 4) is 0 Å². The topological polar surface area (TPSA) is 83.9 Å². The van der Waals surface area contributed by atoms with Crippen LogP contribution in [-0.4, -0.2) is 41.1 Å². The zero-order valence-electron chi connectivity index (χ0n) is 9.87. The van der Waals surface area contributed by atoms with Crippen molar-refractivity contribution in [3.63, 3.8) is 0 Å². The first-order valence-corrected chi connectivity index (χ1v) is 5.73. The second-order valence-corrected chi connectivity index (χ2v) is 4.40. The van der Waals surface area contributed by atoms with E-state index in [0.717, 1.165) is 7.11 Å². The van der Waals surface area contributed by atoms with Crippen molar-refractivity contribution in [1.29, 1.82) is 0 Å². The monoisotopic (exact) mass is 283 g/mol. The maximum atomic E-state index is 11.9. The Balaban J connectivity index is 2.24. The van der Waals surface area contributed by atoms with Gasteiger partial charge in [0.25, 0.3) is 0 Å². The lowest BCUT2D eigenvalue weighted by Crippen LogP contribution is -2.62. The van der Waals surface area contributed by atoms with Gasteiger partial charge < -0.3 is 9.84 Å². The Kier molecular flexibility index (Phi) is 3.55. The van der Waals surface area contributed by atoms with Crippen LogP contribution < -0.4 is 0 Å². The van der Waals surface area contributed by atoms with Crippen molar-refractivity contribution in [3.05, 3.63) is 34.9 Å². The molecule has 1 aromatic rings. The van der Waals surface area contributed by atoms with Crippen LogP contribution in [0.4, 0.5) is 0 Å². The first-order valence-electron chi connectivity index (χ1n) is 5.35. The number of carbonyl (C=O) groups is 3. The van der Waals surface area contributed by atoms with Crippen LogP contribution in [0.25, 0.3) is 0 Å². The van der Waals surface area contributed by atoms with Gasteiger partial charge in [-0.15, -0.1) is 0 Å². The fourth-order valence-corrected chi connectivity index (χ4v) is 2.14. The molecule has 1 aliphatic heterocycles. The average Bonchev–Trinajstić information content (AvgIpc) is 2.35. The third-order valence-corrected chi connectivity index (χ3v) is 3.05. The van der Waals surface area contributed by atoms with Crippen LogP contribution in [-0.2, 0) is 19.1 Å². The summed E-state index contributed by atoms with van der Waals surface area (Å²) in [7, 11) is 1.12. The SMILES string of the molecule is COC(C(=O)O)N1C(=O)C(c2cccc(Cl)c2)C1=O. The molecule has 7 heteroatoms. The Labute approximate surface area is 113 Å². The summed E-state index contributed by atoms with van der Waals surface area (Å²) < 4.78 is 4.62. The lowest BCUT2D eigenvalue weighted by molar-refractivity contribution is -0.186. The molecule has 0 spiro atoms. The molecule has 1 unspecified atom stereocenters. The zero-order valence-corrected chi connectivity index (χ0v) is 10.6. The number of rotatable bonds is 4. The van der Waals surface area contributed by atoms with Gasteiger partial charge in [-0.2, -0.15) is 0 Å². The molecule has 1 aliphatic rings. The molecule has 0 saturated carbocycles. The smallest absolute Gasteiger partial charge is 0.354 e. The summed E-state index contributed by atoms with van der Waals surface area (Å²) in [5.41, 5.74) is 0.444. The van der Waals surface area contributed by atoms with Crippen LogP contribution in [0, 0.1) is 0 Å². The number of hydrogen-bond acceptors (Lipinski definition) is 4. The first kappa shape index (κ1) is 13.5. The van der Waals surface area contributed by atoms with Crippen LogP contribution >= 0.6 is 11.6 Å². The number of methoxy groups -OCH3 is 1. The molecule has 2 rings (SSSR count). The second kappa shape index (κ2) is 4.99. The van der Waals surface area contributed by atoms with E-state index in [1.807, 2.05) is 0 Å². The minimum Gasteiger partial charge on any atom is -0.478 e. The molecule has 0 aliphatic carbocycles. The number of benzene rings is 1. The quantitative estimate of drug-likeness (QED) is 0.654. The van der Waals surface area contributed by atoms with E-state index in [4.69, 9.17) is 16.7 Å². The minimum absolute atomic E-state index is 0.401. The Hall–Kier alpha value is -1.92. The fraction of sp³-hybridized carbons (Fsp3) is 0.250. The third-order valence-electron chi connectivity index (χ3n) is 2.82. The van der Waals surface area contributed by atoms with Gasteiger partial charge in [0.1, 0.15) is 5.92 Å². The van der Waals surface area contributed by atoms with Crippen LogP contribution in [0.5, 0.6) is 0 Å². The van der Waals surface area contributed by atoms with Crippen LogP contribution in [0.3, 0.4) is 0 Å². The highest BCUT2D eigenvalue weighted by Gasteiger charge is 2.53. The largest absolute Gasteiger partial charge is 0.478 e. The van der Waals surface area contributed by atoms with E-state index in [1.165, 1.54) is 6.07 Å². The maximum Gasteiger partial charge on any atom is 0.354 e. The Morgan fingerprint density at radius 3 is 2.53 bits per heavy atom. The van der Waals surface area contributed by atoms with Crippen molar-refractivity contribution in [2.45, 2.75) is 12.1 Å². The van der Waals surface area contributed by atoms with Crippen molar-refractivity contribution in [2.24, 2.45) is 0 Å². The zero-order chi connectivity index (χ0) is 14.2. The summed E-state index contributed by atoms with van der Waals surface area (Å²) >= 11 is 5.79. The minimum atomic E-state index is -1.59. The third kappa shape index (κ3) is 2.20. The number of halogens is 1. The number of carbonyl (C=O) groups excluding carboxylic acids is 2. The molecule has 1 atom stereocenters. The van der Waals surface area contributed by atoms with E-state index < -0.39 is 29.9 Å². The van der Waals surface area contributed by atoms with Gasteiger partial charge in [0, 0.05) is 12.1 Å². The van der Waals surface area contributed by atoms with Gasteiger partial charge in [-0.1, -0.05) is 23.7 Å². The number of likely N-dealkylation sites (tertiary alicyclic amines) is 1. The van der Waals surface area contributed by atoms with Crippen molar-refractivity contribution in [2.75, 3.05) is 7.11 Å². The fourth-order valence-electron chi connectivity index (χ4n) is 1.95. The molecule has 6 nitrogen and oxygen atoms in total. The molecular formula is C12H10ClNO5. The van der Waals surface area contributed by atoms with E-state index in [1.54, 1.807) is 18.2 Å². The van der Waals surface area contributed by atoms with Gasteiger partial charge in [0.05, 0.1) is 0 Å². The summed E-state index contributed by atoms with van der Waals surface area (Å²) in [5.74, 6) is -3.62. The predicted molar refractivity (Wildman–Crippen MR) is 64.5 cm³/mol. The summed E-state index contributed by atoms with van der Waals surface area (Å²) in [4.78, 5) is 35.3. The van der Waals surface area contributed by atoms with Crippen LogP contribution in [0.15, 0.2) is 24.3 Å². The molecule has 2 amide bonds. The average molecular weight is 284 g/mol. The number of nitrogens with zero attached hydrogens (tertiary/aromatic N) is 1. The highest BCUT2D eigenvalue weighted by atomic mass is 35.5. The highest BCUT2D eigenvalue weighted by Crippen LogP contribution is 2.33. The number of imide groups is 1. The first-order chi connectivity index (χ1) is 8.97. The summed E-state index contributed by atoms with van der Waals surface area (Å²) in [6.07, 6.45) is -1.59. The van der Waals surface area contributed by atoms with Gasteiger partial charge in [-0.3, -0.25) is 9.59 Å². The molecule has 100 valence electrons.